The van der Waals surface area contributed by atoms with Crippen molar-refractivity contribution < 1.29 is 21.9 Å². The predicted octanol–water partition coefficient (Wildman–Crippen LogP) is 6.63. The Kier molecular flexibility index (Phi) is 10.1. The van der Waals surface area contributed by atoms with Gasteiger partial charge < -0.3 is 10.1 Å². The van der Waals surface area contributed by atoms with Gasteiger partial charge in [0.05, 0.1) is 22.2 Å². The molecule has 194 valence electrons. The van der Waals surface area contributed by atoms with Gasteiger partial charge in [-0.15, -0.1) is 11.3 Å². The predicted molar refractivity (Wildman–Crippen MR) is 142 cm³/mol. The number of sulfonamides is 1. The zero-order chi connectivity index (χ0) is 26.3. The van der Waals surface area contributed by atoms with Crippen LogP contribution in [0.25, 0.3) is 5.57 Å². The Hall–Kier alpha value is -2.24. The molecule has 6 nitrogen and oxygen atoms in total. The first-order valence-corrected chi connectivity index (χ1v) is 14.1. The molecule has 3 aromatic rings. The molecule has 1 heterocycles. The number of rotatable bonds is 7. The SMILES string of the molecule is CNC.O=S(=O)(Nc1cscn1)c1cc(Cl)c(OCC2CCCC=C2c2ccc(Cl)c(F)c2)cc1F. The maximum atomic E-state index is 14.7. The molecule has 2 aromatic carbocycles. The number of ether oxygens (including phenoxy) is 1. The third kappa shape index (κ3) is 7.17. The van der Waals surface area contributed by atoms with Crippen LogP contribution in [0.2, 0.25) is 10.0 Å². The minimum absolute atomic E-state index is 0.0222. The Morgan fingerprint density at radius 3 is 2.56 bits per heavy atom. The van der Waals surface area contributed by atoms with Gasteiger partial charge in [0.15, 0.2) is 5.82 Å². The summed E-state index contributed by atoms with van der Waals surface area (Å²) in [5, 5.41) is 4.23. The summed E-state index contributed by atoms with van der Waals surface area (Å²) in [7, 11) is -0.467. The fourth-order valence-corrected chi connectivity index (χ4v) is 5.66. The largest absolute Gasteiger partial charge is 0.491 e. The van der Waals surface area contributed by atoms with Gasteiger partial charge in [0.1, 0.15) is 22.3 Å². The first kappa shape index (κ1) is 28.3. The molecule has 0 aliphatic heterocycles. The lowest BCUT2D eigenvalue weighted by molar-refractivity contribution is 0.267. The molecule has 0 radical (unpaired) electrons. The highest BCUT2D eigenvalue weighted by Crippen LogP contribution is 2.36. The van der Waals surface area contributed by atoms with E-state index >= 15 is 0 Å². The molecule has 1 aliphatic rings. The van der Waals surface area contributed by atoms with Crippen molar-refractivity contribution >= 4 is 56.0 Å². The van der Waals surface area contributed by atoms with Crippen molar-refractivity contribution in [2.75, 3.05) is 25.4 Å². The summed E-state index contributed by atoms with van der Waals surface area (Å²) in [6.07, 6.45) is 4.60. The van der Waals surface area contributed by atoms with E-state index in [0.717, 1.165) is 37.0 Å². The Morgan fingerprint density at radius 2 is 1.89 bits per heavy atom. The summed E-state index contributed by atoms with van der Waals surface area (Å²) in [6, 6.07) is 6.59. The average Bonchev–Trinajstić information content (AvgIpc) is 3.34. The molecule has 1 atom stereocenters. The molecule has 12 heteroatoms. The maximum absolute atomic E-state index is 14.7. The standard InChI is InChI=1S/C22H18Cl2F2N2O3S2.C2H7N/c23-16-6-5-13(7-18(16)25)15-4-2-1-3-14(15)10-31-20-9-19(26)21(8-17(20)24)33(29,30)28-22-11-32-12-27-22;1-3-2/h4-9,11-12,14,28H,1-3,10H2;3H,1-2H3. The van der Waals surface area contributed by atoms with Gasteiger partial charge in [-0.2, -0.15) is 0 Å². The van der Waals surface area contributed by atoms with E-state index in [4.69, 9.17) is 27.9 Å². The molecular formula is C24H25Cl2F2N3O3S2. The number of nitrogens with zero attached hydrogens (tertiary/aromatic N) is 1. The van der Waals surface area contributed by atoms with Crippen LogP contribution in [0, 0.1) is 17.6 Å². The number of halogens is 4. The molecule has 0 fully saturated rings. The fourth-order valence-electron chi connectivity index (χ4n) is 3.62. The first-order valence-electron chi connectivity index (χ1n) is 10.9. The second-order valence-electron chi connectivity index (χ2n) is 7.92. The quantitative estimate of drug-likeness (QED) is 0.330. The number of aromatic nitrogens is 1. The third-order valence-corrected chi connectivity index (χ3v) is 7.76. The minimum Gasteiger partial charge on any atom is -0.491 e. The Morgan fingerprint density at radius 1 is 1.14 bits per heavy atom. The average molecular weight is 577 g/mol. The summed E-state index contributed by atoms with van der Waals surface area (Å²) in [4.78, 5) is 3.22. The maximum Gasteiger partial charge on any atom is 0.266 e. The topological polar surface area (TPSA) is 80.3 Å². The number of nitrogens with one attached hydrogen (secondary N) is 2. The van der Waals surface area contributed by atoms with E-state index in [1.54, 1.807) is 6.07 Å². The molecular weight excluding hydrogens is 551 g/mol. The summed E-state index contributed by atoms with van der Waals surface area (Å²) < 4.78 is 61.7. The Labute approximate surface area is 223 Å². The second-order valence-corrected chi connectivity index (χ2v) is 11.1. The number of hydrogen-bond acceptors (Lipinski definition) is 6. The molecule has 4 rings (SSSR count). The highest BCUT2D eigenvalue weighted by molar-refractivity contribution is 7.92. The molecule has 1 unspecified atom stereocenters. The molecule has 0 saturated carbocycles. The van der Waals surface area contributed by atoms with Crippen molar-refractivity contribution in [2.45, 2.75) is 24.2 Å². The van der Waals surface area contributed by atoms with Gasteiger partial charge >= 0.3 is 0 Å². The van der Waals surface area contributed by atoms with E-state index < -0.39 is 26.6 Å². The van der Waals surface area contributed by atoms with Crippen LogP contribution in [0.5, 0.6) is 5.75 Å². The van der Waals surface area contributed by atoms with E-state index in [1.165, 1.54) is 34.4 Å². The van der Waals surface area contributed by atoms with Gasteiger partial charge in [0, 0.05) is 17.4 Å². The molecule has 0 amide bonds. The van der Waals surface area contributed by atoms with Crippen LogP contribution in [0.15, 0.2) is 52.2 Å². The number of hydrogen-bond donors (Lipinski definition) is 2. The van der Waals surface area contributed by atoms with Crippen molar-refractivity contribution in [3.05, 3.63) is 74.5 Å². The zero-order valence-electron chi connectivity index (χ0n) is 19.5. The van der Waals surface area contributed by atoms with E-state index in [9.17, 15) is 17.2 Å². The number of anilines is 1. The van der Waals surface area contributed by atoms with E-state index in [-0.39, 0.29) is 34.1 Å². The van der Waals surface area contributed by atoms with E-state index in [1.807, 2.05) is 20.2 Å². The lowest BCUT2D eigenvalue weighted by Gasteiger charge is -2.25. The third-order valence-electron chi connectivity index (χ3n) is 5.20. The number of thiazole rings is 1. The van der Waals surface area contributed by atoms with Gasteiger partial charge in [-0.1, -0.05) is 35.3 Å². The van der Waals surface area contributed by atoms with Gasteiger partial charge in [-0.3, -0.25) is 4.72 Å². The van der Waals surface area contributed by atoms with Crippen molar-refractivity contribution in [2.24, 2.45) is 5.92 Å². The summed E-state index contributed by atoms with van der Waals surface area (Å²) >= 11 is 13.2. The van der Waals surface area contributed by atoms with Crippen molar-refractivity contribution in [1.29, 1.82) is 0 Å². The number of allylic oxidation sites excluding steroid dienone is 1. The van der Waals surface area contributed by atoms with Gasteiger partial charge in [-0.05, 0) is 62.7 Å². The van der Waals surface area contributed by atoms with Gasteiger partial charge in [0.25, 0.3) is 10.0 Å². The summed E-state index contributed by atoms with van der Waals surface area (Å²) in [6.45, 7) is 0.165. The van der Waals surface area contributed by atoms with Crippen LogP contribution in [0.4, 0.5) is 14.6 Å². The molecule has 2 N–H and O–H groups in total. The van der Waals surface area contributed by atoms with Crippen molar-refractivity contribution in [3.63, 3.8) is 0 Å². The molecule has 36 heavy (non-hydrogen) atoms. The molecule has 1 aromatic heterocycles. The minimum atomic E-state index is -4.22. The van der Waals surface area contributed by atoms with Crippen LogP contribution in [-0.2, 0) is 10.0 Å². The fraction of sp³-hybridized carbons (Fsp3) is 0.292. The van der Waals surface area contributed by atoms with Gasteiger partial charge in [-0.25, -0.2) is 22.2 Å². The smallest absolute Gasteiger partial charge is 0.266 e. The highest BCUT2D eigenvalue weighted by atomic mass is 35.5. The molecule has 1 aliphatic carbocycles. The normalized spacial score (nSPS) is 15.5. The van der Waals surface area contributed by atoms with E-state index in [0.29, 0.717) is 5.56 Å². The number of benzene rings is 2. The van der Waals surface area contributed by atoms with Crippen LogP contribution < -0.4 is 14.8 Å². The lowest BCUT2D eigenvalue weighted by atomic mass is 9.84. The Bertz CT molecular complexity index is 1320. The van der Waals surface area contributed by atoms with Crippen LogP contribution in [0.3, 0.4) is 0 Å². The van der Waals surface area contributed by atoms with E-state index in [2.05, 4.69) is 15.0 Å². The zero-order valence-corrected chi connectivity index (χ0v) is 22.7. The summed E-state index contributed by atoms with van der Waals surface area (Å²) in [5.41, 5.74) is 3.07. The highest BCUT2D eigenvalue weighted by Gasteiger charge is 2.25. The molecule has 0 bridgehead atoms. The Balaban J connectivity index is 0.00000115. The first-order chi connectivity index (χ1) is 17.2. The van der Waals surface area contributed by atoms with Crippen LogP contribution >= 0.6 is 34.5 Å². The second kappa shape index (κ2) is 12.8. The van der Waals surface area contributed by atoms with Crippen LogP contribution in [0.1, 0.15) is 24.8 Å². The van der Waals surface area contributed by atoms with Gasteiger partial charge in [0.2, 0.25) is 0 Å². The monoisotopic (exact) mass is 575 g/mol. The van der Waals surface area contributed by atoms with Crippen molar-refractivity contribution in [1.82, 2.24) is 10.3 Å². The molecule has 0 saturated heterocycles. The van der Waals surface area contributed by atoms with Crippen LogP contribution in [-0.4, -0.2) is 34.1 Å². The summed E-state index contributed by atoms with van der Waals surface area (Å²) in [5.74, 6) is -1.47. The lowest BCUT2D eigenvalue weighted by Crippen LogP contribution is -2.18. The van der Waals surface area contributed by atoms with Crippen molar-refractivity contribution in [3.8, 4) is 5.75 Å². The molecule has 0 spiro atoms.